The maximum Gasteiger partial charge on any atom is 0.345 e. The fourth-order valence-electron chi connectivity index (χ4n) is 7.48. The standard InChI is InChI=1S/C26H36N2O5/c1-7-24(4)12-19(33-23(31)17-13-27-14-28-22(17)30)25(5)15(2)8-10-26(16(3)21(24)29)11-9-18(32-6)20(25)26/h7,13-16,18-20H,1,8-12H2,2-6H3,(H,27,28,30)/t15-,16+,18?,19-,20?,24-,25+,26?/m1/s1. The monoisotopic (exact) mass is 456 g/mol. The maximum atomic E-state index is 13.9. The van der Waals surface area contributed by atoms with Gasteiger partial charge in [-0.25, -0.2) is 9.78 Å². The van der Waals surface area contributed by atoms with Gasteiger partial charge in [0, 0.05) is 42.4 Å². The number of rotatable bonds is 4. The average molecular weight is 457 g/mol. The van der Waals surface area contributed by atoms with Crippen molar-refractivity contribution >= 4 is 11.8 Å². The van der Waals surface area contributed by atoms with Crippen molar-refractivity contribution in [3.8, 4) is 0 Å². The fourth-order valence-corrected chi connectivity index (χ4v) is 7.48. The van der Waals surface area contributed by atoms with Gasteiger partial charge in [-0.3, -0.25) is 9.59 Å². The molecular formula is C26H36N2O5. The van der Waals surface area contributed by atoms with E-state index in [1.807, 2.05) is 6.92 Å². The van der Waals surface area contributed by atoms with Crippen molar-refractivity contribution in [3.05, 3.63) is 41.1 Å². The summed E-state index contributed by atoms with van der Waals surface area (Å²) in [7, 11) is 1.74. The van der Waals surface area contributed by atoms with Gasteiger partial charge in [0.05, 0.1) is 12.4 Å². The van der Waals surface area contributed by atoms with Crippen molar-refractivity contribution < 1.29 is 19.1 Å². The van der Waals surface area contributed by atoms with Crippen molar-refractivity contribution in [1.82, 2.24) is 9.97 Å². The van der Waals surface area contributed by atoms with Gasteiger partial charge >= 0.3 is 5.97 Å². The van der Waals surface area contributed by atoms with E-state index in [-0.39, 0.29) is 40.6 Å². The Hall–Kier alpha value is -2.28. The largest absolute Gasteiger partial charge is 0.458 e. The molecule has 0 amide bonds. The summed E-state index contributed by atoms with van der Waals surface area (Å²) in [5.41, 5.74) is -2.15. The highest BCUT2D eigenvalue weighted by molar-refractivity contribution is 5.90. The Morgan fingerprint density at radius 2 is 1.94 bits per heavy atom. The van der Waals surface area contributed by atoms with Crippen LogP contribution in [0.5, 0.6) is 0 Å². The molecular weight excluding hydrogens is 420 g/mol. The van der Waals surface area contributed by atoms with Crippen LogP contribution in [-0.2, 0) is 14.3 Å². The minimum atomic E-state index is -0.840. The molecule has 3 saturated carbocycles. The van der Waals surface area contributed by atoms with Crippen LogP contribution in [0.15, 0.2) is 30.0 Å². The van der Waals surface area contributed by atoms with E-state index in [4.69, 9.17) is 9.47 Å². The van der Waals surface area contributed by atoms with E-state index in [9.17, 15) is 14.4 Å². The summed E-state index contributed by atoms with van der Waals surface area (Å²) < 4.78 is 12.2. The van der Waals surface area contributed by atoms with Crippen LogP contribution in [0.1, 0.15) is 70.2 Å². The van der Waals surface area contributed by atoms with Gasteiger partial charge in [-0.1, -0.05) is 26.8 Å². The van der Waals surface area contributed by atoms with Gasteiger partial charge in [0.25, 0.3) is 5.56 Å². The van der Waals surface area contributed by atoms with Crippen LogP contribution in [0, 0.1) is 34.0 Å². The molecule has 3 fully saturated rings. The van der Waals surface area contributed by atoms with Crippen LogP contribution in [-0.4, -0.2) is 41.0 Å². The van der Waals surface area contributed by atoms with Crippen molar-refractivity contribution in [3.63, 3.8) is 0 Å². The summed E-state index contributed by atoms with van der Waals surface area (Å²) in [6.45, 7) is 12.4. The molecule has 0 aliphatic heterocycles. The van der Waals surface area contributed by atoms with Crippen molar-refractivity contribution in [2.45, 2.75) is 72.0 Å². The molecule has 0 spiro atoms. The summed E-state index contributed by atoms with van der Waals surface area (Å²) in [5.74, 6) is -0.396. The molecule has 7 heteroatoms. The Kier molecular flexibility index (Phi) is 5.92. The van der Waals surface area contributed by atoms with Crippen LogP contribution in [0.3, 0.4) is 0 Å². The van der Waals surface area contributed by atoms with Gasteiger partial charge in [-0.15, -0.1) is 6.58 Å². The molecule has 0 radical (unpaired) electrons. The highest BCUT2D eigenvalue weighted by atomic mass is 16.5. The molecule has 4 rings (SSSR count). The van der Waals surface area contributed by atoms with Gasteiger partial charge in [0.2, 0.25) is 0 Å². The quantitative estimate of drug-likeness (QED) is 0.544. The van der Waals surface area contributed by atoms with E-state index in [2.05, 4.69) is 37.3 Å². The second kappa shape index (κ2) is 8.19. The average Bonchev–Trinajstić information content (AvgIpc) is 3.20. The first kappa shape index (κ1) is 23.9. The molecule has 3 unspecified atom stereocenters. The zero-order valence-corrected chi connectivity index (χ0v) is 20.3. The Balaban J connectivity index is 1.88. The fraction of sp³-hybridized carbons (Fsp3) is 0.692. The van der Waals surface area contributed by atoms with Crippen LogP contribution in [0.25, 0.3) is 0 Å². The first-order valence-corrected chi connectivity index (χ1v) is 12.0. The van der Waals surface area contributed by atoms with E-state index in [0.29, 0.717) is 6.42 Å². The lowest BCUT2D eigenvalue weighted by atomic mass is 9.44. The second-order valence-corrected chi connectivity index (χ2v) is 10.9. The summed E-state index contributed by atoms with van der Waals surface area (Å²) in [4.78, 5) is 45.7. The van der Waals surface area contributed by atoms with Gasteiger partial charge in [-0.2, -0.15) is 0 Å². The number of methoxy groups -OCH3 is 1. The summed E-state index contributed by atoms with van der Waals surface area (Å²) in [6, 6.07) is 0. The molecule has 7 nitrogen and oxygen atoms in total. The Bertz CT molecular complexity index is 1020. The third-order valence-electron chi connectivity index (χ3n) is 9.72. The number of nitrogens with zero attached hydrogens (tertiary/aromatic N) is 1. The van der Waals surface area contributed by atoms with E-state index in [1.54, 1.807) is 13.2 Å². The number of allylic oxidation sites excluding steroid dienone is 1. The molecule has 0 aromatic carbocycles. The minimum absolute atomic E-state index is 0.0101. The lowest BCUT2D eigenvalue weighted by Gasteiger charge is -2.61. The highest BCUT2D eigenvalue weighted by Crippen LogP contribution is 2.68. The number of aromatic amines is 1. The molecule has 180 valence electrons. The lowest BCUT2D eigenvalue weighted by Crippen LogP contribution is -2.63. The number of carbonyl (C=O) groups excluding carboxylic acids is 2. The smallest absolute Gasteiger partial charge is 0.345 e. The second-order valence-electron chi connectivity index (χ2n) is 10.9. The zero-order chi connectivity index (χ0) is 24.2. The van der Waals surface area contributed by atoms with E-state index in [1.165, 1.54) is 12.5 Å². The minimum Gasteiger partial charge on any atom is -0.458 e. The van der Waals surface area contributed by atoms with Crippen LogP contribution >= 0.6 is 0 Å². The predicted octanol–water partition coefficient (Wildman–Crippen LogP) is 3.94. The molecule has 1 heterocycles. The molecule has 0 saturated heterocycles. The van der Waals surface area contributed by atoms with Crippen LogP contribution in [0.2, 0.25) is 0 Å². The van der Waals surface area contributed by atoms with E-state index < -0.39 is 28.5 Å². The summed E-state index contributed by atoms with van der Waals surface area (Å²) in [5, 5.41) is 0. The third kappa shape index (κ3) is 3.34. The molecule has 3 aliphatic rings. The van der Waals surface area contributed by atoms with Crippen molar-refractivity contribution in [2.24, 2.45) is 34.0 Å². The molecule has 8 atom stereocenters. The van der Waals surface area contributed by atoms with Gasteiger partial charge in [0.15, 0.2) is 0 Å². The number of aromatic nitrogens is 2. The SMILES string of the molecule is C=C[C@]1(C)C[C@@H](OC(=O)c2cnc[nH]c2=O)[C@@]2(C)C3C(OC)CCC3(CC[C@H]2C)[C@@H](C)C1=O. The Morgan fingerprint density at radius 3 is 2.58 bits per heavy atom. The van der Waals surface area contributed by atoms with E-state index >= 15 is 0 Å². The third-order valence-corrected chi connectivity index (χ3v) is 9.72. The highest BCUT2D eigenvalue weighted by Gasteiger charge is 2.68. The summed E-state index contributed by atoms with van der Waals surface area (Å²) >= 11 is 0. The van der Waals surface area contributed by atoms with Crippen LogP contribution in [0.4, 0.5) is 0 Å². The zero-order valence-electron chi connectivity index (χ0n) is 20.3. The lowest BCUT2D eigenvalue weighted by molar-refractivity contribution is -0.189. The predicted molar refractivity (Wildman–Crippen MR) is 124 cm³/mol. The van der Waals surface area contributed by atoms with Crippen molar-refractivity contribution in [1.29, 1.82) is 0 Å². The topological polar surface area (TPSA) is 98.3 Å². The number of hydrogen-bond acceptors (Lipinski definition) is 6. The first-order chi connectivity index (χ1) is 15.5. The molecule has 1 aromatic heterocycles. The maximum absolute atomic E-state index is 13.9. The molecule has 1 aromatic rings. The number of H-pyrrole nitrogens is 1. The number of hydrogen-bond donors (Lipinski definition) is 1. The number of ether oxygens (including phenoxy) is 2. The molecule has 2 bridgehead atoms. The number of esters is 1. The molecule has 33 heavy (non-hydrogen) atoms. The first-order valence-electron chi connectivity index (χ1n) is 12.0. The summed E-state index contributed by atoms with van der Waals surface area (Å²) in [6.07, 6.45) is 7.63. The van der Waals surface area contributed by atoms with Gasteiger partial charge in [0.1, 0.15) is 17.5 Å². The normalized spacial score (nSPS) is 42.7. The number of Topliss-reactive ketones (excluding diaryl/α,β-unsaturated/α-hetero) is 1. The Morgan fingerprint density at radius 1 is 1.24 bits per heavy atom. The van der Waals surface area contributed by atoms with E-state index in [0.717, 1.165) is 25.7 Å². The van der Waals surface area contributed by atoms with Crippen LogP contribution < -0.4 is 5.56 Å². The van der Waals surface area contributed by atoms with Crippen molar-refractivity contribution in [2.75, 3.05) is 7.11 Å². The molecule has 1 N–H and O–H groups in total. The number of carbonyl (C=O) groups is 2. The van der Waals surface area contributed by atoms with Gasteiger partial charge in [-0.05, 0) is 43.9 Å². The van der Waals surface area contributed by atoms with Gasteiger partial charge < -0.3 is 14.5 Å². The molecule has 3 aliphatic carbocycles. The Labute approximate surface area is 195 Å². The number of nitrogens with one attached hydrogen (secondary N) is 1. The number of ketones is 1.